The highest BCUT2D eigenvalue weighted by molar-refractivity contribution is 9.10. The molecule has 6 heteroatoms. The van der Waals surface area contributed by atoms with Crippen LogP contribution in [0.5, 0.6) is 11.5 Å². The van der Waals surface area contributed by atoms with Gasteiger partial charge in [-0.1, -0.05) is 50.1 Å². The number of fused-ring (bicyclic) bond motifs is 1. The van der Waals surface area contributed by atoms with E-state index in [9.17, 15) is 4.79 Å². The third-order valence-corrected chi connectivity index (χ3v) is 4.63. The normalized spacial score (nSPS) is 15.1. The van der Waals surface area contributed by atoms with Crippen LogP contribution in [0.15, 0.2) is 46.9 Å². The maximum Gasteiger partial charge on any atom is 0.338 e. The van der Waals surface area contributed by atoms with Crippen LogP contribution >= 0.6 is 31.9 Å². The van der Waals surface area contributed by atoms with Crippen LogP contribution in [0.2, 0.25) is 0 Å². The maximum atomic E-state index is 12.4. The molecule has 3 rings (SSSR count). The largest absolute Gasteiger partial charge is 0.454 e. The monoisotopic (exact) mass is 440 g/mol. The van der Waals surface area contributed by atoms with Gasteiger partial charge < -0.3 is 14.2 Å². The van der Waals surface area contributed by atoms with E-state index in [-0.39, 0.29) is 17.6 Å². The number of rotatable bonds is 4. The number of hydrogen-bond acceptors (Lipinski definition) is 4. The predicted molar refractivity (Wildman–Crippen MR) is 93.3 cm³/mol. The van der Waals surface area contributed by atoms with Crippen molar-refractivity contribution >= 4 is 37.8 Å². The topological polar surface area (TPSA) is 44.8 Å². The third kappa shape index (κ3) is 3.53. The molecule has 0 fully saturated rings. The molecule has 23 heavy (non-hydrogen) atoms. The van der Waals surface area contributed by atoms with Gasteiger partial charge in [0.2, 0.25) is 6.79 Å². The molecule has 0 amide bonds. The minimum absolute atomic E-state index is 0.0770. The lowest BCUT2D eigenvalue weighted by atomic mass is 10.1. The zero-order valence-electron chi connectivity index (χ0n) is 12.3. The van der Waals surface area contributed by atoms with Gasteiger partial charge in [0.1, 0.15) is 6.10 Å². The van der Waals surface area contributed by atoms with Gasteiger partial charge in [0, 0.05) is 10.0 Å². The van der Waals surface area contributed by atoms with Gasteiger partial charge in [-0.15, -0.1) is 0 Å². The van der Waals surface area contributed by atoms with Crippen LogP contribution in [-0.2, 0) is 4.74 Å². The lowest BCUT2D eigenvalue weighted by Gasteiger charge is -2.22. The Hall–Kier alpha value is -1.53. The molecular weight excluding hydrogens is 428 g/mol. The summed E-state index contributed by atoms with van der Waals surface area (Å²) in [6, 6.07) is 12.6. The van der Waals surface area contributed by atoms with Gasteiger partial charge in [-0.3, -0.25) is 0 Å². The van der Waals surface area contributed by atoms with Gasteiger partial charge in [-0.05, 0) is 31.2 Å². The van der Waals surface area contributed by atoms with Crippen LogP contribution in [0.1, 0.15) is 28.9 Å². The fourth-order valence-electron chi connectivity index (χ4n) is 2.31. The first-order valence-electron chi connectivity index (χ1n) is 7.05. The van der Waals surface area contributed by atoms with Crippen molar-refractivity contribution in [2.75, 3.05) is 6.79 Å². The average molecular weight is 442 g/mol. The second-order valence-electron chi connectivity index (χ2n) is 5.10. The molecule has 1 aliphatic rings. The zero-order chi connectivity index (χ0) is 16.4. The van der Waals surface area contributed by atoms with Crippen molar-refractivity contribution < 1.29 is 19.0 Å². The molecule has 0 radical (unpaired) electrons. The molecule has 4 nitrogen and oxygen atoms in total. The van der Waals surface area contributed by atoms with E-state index in [4.69, 9.17) is 14.2 Å². The Kier molecular flexibility index (Phi) is 4.92. The molecule has 0 saturated carbocycles. The Morgan fingerprint density at radius 2 is 1.83 bits per heavy atom. The van der Waals surface area contributed by atoms with Crippen molar-refractivity contribution in [3.05, 3.63) is 58.1 Å². The van der Waals surface area contributed by atoms with Crippen LogP contribution in [0.3, 0.4) is 0 Å². The molecule has 0 saturated heterocycles. The number of carbonyl (C=O) groups is 1. The van der Waals surface area contributed by atoms with E-state index in [1.54, 1.807) is 24.3 Å². The fraction of sp³-hybridized carbons (Fsp3) is 0.235. The van der Waals surface area contributed by atoms with Crippen molar-refractivity contribution in [3.8, 4) is 11.5 Å². The van der Waals surface area contributed by atoms with E-state index in [0.29, 0.717) is 17.1 Å². The molecule has 1 aliphatic heterocycles. The van der Waals surface area contributed by atoms with Crippen LogP contribution in [0, 0.1) is 0 Å². The number of ether oxygens (including phenoxy) is 3. The minimum Gasteiger partial charge on any atom is -0.454 e. The van der Waals surface area contributed by atoms with Gasteiger partial charge >= 0.3 is 5.97 Å². The highest BCUT2D eigenvalue weighted by Crippen LogP contribution is 2.41. The lowest BCUT2D eigenvalue weighted by Crippen LogP contribution is -2.18. The molecule has 120 valence electrons. The van der Waals surface area contributed by atoms with E-state index >= 15 is 0 Å². The molecule has 2 atom stereocenters. The molecule has 2 aromatic carbocycles. The first-order chi connectivity index (χ1) is 11.1. The molecule has 0 N–H and O–H groups in total. The van der Waals surface area contributed by atoms with Gasteiger partial charge in [0.15, 0.2) is 11.5 Å². The zero-order valence-corrected chi connectivity index (χ0v) is 15.5. The van der Waals surface area contributed by atoms with Crippen LogP contribution < -0.4 is 9.47 Å². The highest BCUT2D eigenvalue weighted by atomic mass is 79.9. The van der Waals surface area contributed by atoms with Crippen LogP contribution in [-0.4, -0.2) is 17.6 Å². The Labute approximate surface area is 151 Å². The van der Waals surface area contributed by atoms with E-state index < -0.39 is 6.10 Å². The van der Waals surface area contributed by atoms with Gasteiger partial charge in [0.05, 0.1) is 10.4 Å². The maximum absolute atomic E-state index is 12.4. The number of halogens is 2. The van der Waals surface area contributed by atoms with Crippen molar-refractivity contribution in [2.45, 2.75) is 17.9 Å². The van der Waals surface area contributed by atoms with Gasteiger partial charge in [0.25, 0.3) is 0 Å². The van der Waals surface area contributed by atoms with Crippen molar-refractivity contribution in [3.63, 3.8) is 0 Å². The van der Waals surface area contributed by atoms with Crippen LogP contribution in [0.25, 0.3) is 0 Å². The first kappa shape index (κ1) is 16.3. The molecular formula is C17H14Br2O4. The first-order valence-corrected chi connectivity index (χ1v) is 8.76. The van der Waals surface area contributed by atoms with Gasteiger partial charge in [-0.25, -0.2) is 4.79 Å². The average Bonchev–Trinajstić information content (AvgIpc) is 2.99. The minimum atomic E-state index is -0.466. The van der Waals surface area contributed by atoms with Crippen molar-refractivity contribution in [1.29, 1.82) is 0 Å². The summed E-state index contributed by atoms with van der Waals surface area (Å²) in [5, 5.41) is 0. The number of carbonyl (C=O) groups excluding carboxylic acids is 1. The lowest BCUT2D eigenvalue weighted by molar-refractivity contribution is 0.0302. The number of esters is 1. The van der Waals surface area contributed by atoms with E-state index in [1.165, 1.54) is 0 Å². The summed E-state index contributed by atoms with van der Waals surface area (Å²) in [4.78, 5) is 12.3. The summed E-state index contributed by atoms with van der Waals surface area (Å²) >= 11 is 7.04. The molecule has 2 aromatic rings. The molecule has 0 bridgehead atoms. The van der Waals surface area contributed by atoms with Crippen molar-refractivity contribution in [2.24, 2.45) is 0 Å². The quantitative estimate of drug-likeness (QED) is 0.502. The van der Waals surface area contributed by atoms with E-state index in [2.05, 4.69) is 31.9 Å². The summed E-state index contributed by atoms with van der Waals surface area (Å²) in [5.74, 6) is 0.958. The highest BCUT2D eigenvalue weighted by Gasteiger charge is 2.27. The summed E-state index contributed by atoms with van der Waals surface area (Å²) in [7, 11) is 0. The third-order valence-electron chi connectivity index (χ3n) is 3.46. The van der Waals surface area contributed by atoms with Gasteiger partial charge in [-0.2, -0.15) is 0 Å². The molecule has 0 aromatic heterocycles. The standard InChI is InChI=1S/C17H14Br2O4/c1-10(18)16(23-17(20)11-5-3-2-4-6-11)12-7-14-15(8-13(12)19)22-9-21-14/h2-8,10,16H,9H2,1H3. The summed E-state index contributed by atoms with van der Waals surface area (Å²) < 4.78 is 17.3. The molecule has 0 spiro atoms. The summed E-state index contributed by atoms with van der Waals surface area (Å²) in [6.07, 6.45) is -0.466. The Bertz CT molecular complexity index is 716. The number of alkyl halides is 1. The second kappa shape index (κ2) is 6.93. The van der Waals surface area contributed by atoms with Crippen molar-refractivity contribution in [1.82, 2.24) is 0 Å². The Morgan fingerprint density at radius 1 is 1.17 bits per heavy atom. The van der Waals surface area contributed by atoms with E-state index in [1.807, 2.05) is 25.1 Å². The van der Waals surface area contributed by atoms with Crippen LogP contribution in [0.4, 0.5) is 0 Å². The predicted octanol–water partition coefficient (Wildman–Crippen LogP) is 4.86. The SMILES string of the molecule is CC(Br)C(OC(=O)c1ccccc1)c1cc2c(cc1Br)OCO2. The number of benzene rings is 2. The molecule has 2 unspecified atom stereocenters. The Morgan fingerprint density at radius 3 is 2.48 bits per heavy atom. The summed E-state index contributed by atoms with van der Waals surface area (Å²) in [5.41, 5.74) is 1.34. The second-order valence-corrected chi connectivity index (χ2v) is 7.40. The Balaban J connectivity index is 1.89. The molecule has 0 aliphatic carbocycles. The smallest absolute Gasteiger partial charge is 0.338 e. The number of hydrogen-bond donors (Lipinski definition) is 0. The van der Waals surface area contributed by atoms with E-state index in [0.717, 1.165) is 10.0 Å². The molecule has 1 heterocycles. The summed E-state index contributed by atoms with van der Waals surface area (Å²) in [6.45, 7) is 2.13. The fourth-order valence-corrected chi connectivity index (χ4v) is 3.25.